The molecule has 1 aromatic carbocycles. The Morgan fingerprint density at radius 1 is 1.32 bits per heavy atom. The van der Waals surface area contributed by atoms with E-state index < -0.39 is 53.9 Å². The van der Waals surface area contributed by atoms with Gasteiger partial charge in [-0.05, 0) is 43.9 Å². The number of carbonyl (C=O) groups is 1. The molecule has 1 aliphatic rings. The number of carbonyl (C=O) groups excluding carboxylic acids is 1. The quantitative estimate of drug-likeness (QED) is 0.508. The van der Waals surface area contributed by atoms with Gasteiger partial charge in [0.15, 0.2) is 11.6 Å². The number of methoxy groups -OCH3 is 1. The minimum Gasteiger partial charge on any atom is -0.491 e. The van der Waals surface area contributed by atoms with Crippen LogP contribution in [0, 0.1) is 17.0 Å². The summed E-state index contributed by atoms with van der Waals surface area (Å²) >= 11 is 1.34. The van der Waals surface area contributed by atoms with Crippen molar-refractivity contribution in [3.8, 4) is 5.75 Å². The number of ether oxygens (including phenoxy) is 1. The molecule has 1 aromatic heterocycles. The number of alkyl halides is 3. The van der Waals surface area contributed by atoms with Crippen molar-refractivity contribution in [1.82, 2.24) is 4.98 Å². The third kappa shape index (κ3) is 4.41. The van der Waals surface area contributed by atoms with E-state index >= 15 is 0 Å². The average molecular weight is 461 g/mol. The molecule has 31 heavy (non-hydrogen) atoms. The van der Waals surface area contributed by atoms with E-state index in [-0.39, 0.29) is 5.69 Å². The molecule has 0 saturated carbocycles. The number of nitrogens with one attached hydrogen (secondary N) is 1. The second-order valence-corrected chi connectivity index (χ2v) is 8.22. The maximum Gasteiger partial charge on any atom is 0.396 e. The van der Waals surface area contributed by atoms with Gasteiger partial charge < -0.3 is 15.0 Å². The molecule has 168 valence electrons. The first kappa shape index (κ1) is 23.1. The fourth-order valence-electron chi connectivity index (χ4n) is 3.55. The number of hydrogen-bond acceptors (Lipinski definition) is 5. The van der Waals surface area contributed by atoms with E-state index in [1.807, 2.05) is 0 Å². The summed E-state index contributed by atoms with van der Waals surface area (Å²) in [5.74, 6) is -3.81. The van der Waals surface area contributed by atoms with Crippen LogP contribution in [0.3, 0.4) is 0 Å². The Morgan fingerprint density at radius 2 is 2.03 bits per heavy atom. The van der Waals surface area contributed by atoms with Crippen LogP contribution in [0.25, 0.3) is 0 Å². The first-order valence-corrected chi connectivity index (χ1v) is 10.4. The number of aromatic nitrogens is 1. The molecule has 2 heterocycles. The maximum absolute atomic E-state index is 14.2. The van der Waals surface area contributed by atoms with E-state index in [0.717, 1.165) is 31.1 Å². The van der Waals surface area contributed by atoms with E-state index in [1.54, 1.807) is 12.3 Å². The molecule has 1 aliphatic heterocycles. The van der Waals surface area contributed by atoms with Gasteiger partial charge in [-0.3, -0.25) is 4.79 Å². The van der Waals surface area contributed by atoms with Crippen LogP contribution in [0.2, 0.25) is 0 Å². The van der Waals surface area contributed by atoms with Crippen LogP contribution in [0.5, 0.6) is 5.75 Å². The van der Waals surface area contributed by atoms with Crippen molar-refractivity contribution in [3.63, 3.8) is 0 Å². The fourth-order valence-corrected chi connectivity index (χ4v) is 3.96. The molecule has 0 aliphatic carbocycles. The van der Waals surface area contributed by atoms with Gasteiger partial charge in [-0.15, -0.1) is 11.8 Å². The lowest BCUT2D eigenvalue weighted by Crippen LogP contribution is -2.40. The number of thioether (sulfide) groups is 1. The minimum atomic E-state index is -4.62. The van der Waals surface area contributed by atoms with Gasteiger partial charge in [0.05, 0.1) is 23.2 Å². The van der Waals surface area contributed by atoms with Crippen LogP contribution in [0.15, 0.2) is 35.5 Å². The van der Waals surface area contributed by atoms with Gasteiger partial charge in [-0.2, -0.15) is 17.6 Å². The number of anilines is 2. The van der Waals surface area contributed by atoms with E-state index in [1.165, 1.54) is 24.0 Å². The molecule has 11 heteroatoms. The molecular weight excluding hydrogens is 441 g/mol. The minimum absolute atomic E-state index is 0.131. The zero-order chi connectivity index (χ0) is 23.0. The molecule has 2 atom stereocenters. The average Bonchev–Trinajstić information content (AvgIpc) is 3.09. The molecule has 0 radical (unpaired) electrons. The van der Waals surface area contributed by atoms with Gasteiger partial charge in [-0.25, -0.2) is 9.37 Å². The smallest absolute Gasteiger partial charge is 0.396 e. The number of amides is 1. The largest absolute Gasteiger partial charge is 0.491 e. The molecule has 2 unspecified atom stereocenters. The van der Waals surface area contributed by atoms with E-state index in [4.69, 9.17) is 4.74 Å². The Labute approximate surface area is 180 Å². The van der Waals surface area contributed by atoms with Crippen LogP contribution in [0.4, 0.5) is 33.3 Å². The van der Waals surface area contributed by atoms with Crippen LogP contribution >= 0.6 is 11.8 Å². The summed E-state index contributed by atoms with van der Waals surface area (Å²) in [7, 11) is 1.08. The van der Waals surface area contributed by atoms with Crippen LogP contribution < -0.4 is 15.0 Å². The maximum atomic E-state index is 14.2. The van der Waals surface area contributed by atoms with E-state index in [0.29, 0.717) is 10.7 Å². The highest BCUT2D eigenvalue weighted by Gasteiger charge is 2.59. The number of halogens is 5. The molecule has 0 spiro atoms. The second kappa shape index (κ2) is 8.52. The summed E-state index contributed by atoms with van der Waals surface area (Å²) in [6.45, 7) is 0.375. The number of pyridine rings is 1. The molecule has 1 N–H and O–H groups in total. The molecule has 2 aromatic rings. The summed E-state index contributed by atoms with van der Waals surface area (Å²) in [5, 5.41) is 3.22. The summed E-state index contributed by atoms with van der Waals surface area (Å²) in [6.07, 6.45) is -1.93. The zero-order valence-corrected chi connectivity index (χ0v) is 17.7. The topological polar surface area (TPSA) is 54.5 Å². The first-order chi connectivity index (χ1) is 14.5. The van der Waals surface area contributed by atoms with Crippen LogP contribution in [-0.2, 0) is 4.79 Å². The fraction of sp³-hybridized carbons (Fsp3) is 0.400. The monoisotopic (exact) mass is 461 g/mol. The van der Waals surface area contributed by atoms with Gasteiger partial charge in [0.1, 0.15) is 6.04 Å². The molecule has 1 saturated heterocycles. The molecule has 1 amide bonds. The Balaban J connectivity index is 2.01. The molecule has 5 nitrogen and oxygen atoms in total. The third-order valence-electron chi connectivity index (χ3n) is 5.28. The zero-order valence-electron chi connectivity index (χ0n) is 16.9. The van der Waals surface area contributed by atoms with Gasteiger partial charge in [0.2, 0.25) is 11.7 Å². The van der Waals surface area contributed by atoms with Gasteiger partial charge in [0.25, 0.3) is 0 Å². The Kier molecular flexibility index (Phi) is 6.35. The van der Waals surface area contributed by atoms with E-state index in [2.05, 4.69) is 10.3 Å². The van der Waals surface area contributed by atoms with Crippen molar-refractivity contribution in [3.05, 3.63) is 42.1 Å². The number of hydrogen-bond donors (Lipinski definition) is 1. The van der Waals surface area contributed by atoms with Gasteiger partial charge in [-0.1, -0.05) is 0 Å². The van der Waals surface area contributed by atoms with Crippen LogP contribution in [-0.4, -0.2) is 43.0 Å². The predicted molar refractivity (Wildman–Crippen MR) is 107 cm³/mol. The van der Waals surface area contributed by atoms with Gasteiger partial charge >= 0.3 is 6.18 Å². The molecule has 1 fully saturated rings. The standard InChI is InChI=1S/C20H20F5N3O2S/c1-19(20(23,24)25)9-14(18(29)27-11-6-7-26-15(8-11)31-3)28(10-19)13-5-4-12(21)16(22)17(13)30-2/h4-8,14H,9-10H2,1-3H3,(H,26,27,29). The number of nitrogens with zero attached hydrogens (tertiary/aromatic N) is 2. The summed E-state index contributed by atoms with van der Waals surface area (Å²) in [4.78, 5) is 18.2. The van der Waals surface area contributed by atoms with Crippen molar-refractivity contribution in [2.24, 2.45) is 5.41 Å². The first-order valence-electron chi connectivity index (χ1n) is 9.17. The lowest BCUT2D eigenvalue weighted by atomic mass is 9.87. The van der Waals surface area contributed by atoms with Gasteiger partial charge in [0, 0.05) is 18.4 Å². The van der Waals surface area contributed by atoms with Crippen LogP contribution in [0.1, 0.15) is 13.3 Å². The SMILES string of the molecule is COc1c(N2CC(C)(C(F)(F)F)CC2C(=O)Nc2ccnc(SC)c2)ccc(F)c1F. The highest BCUT2D eigenvalue weighted by Crippen LogP contribution is 2.50. The summed E-state index contributed by atoms with van der Waals surface area (Å²) in [6, 6.07) is 3.70. The van der Waals surface area contributed by atoms with E-state index in [9.17, 15) is 26.7 Å². The van der Waals surface area contributed by atoms with Crippen molar-refractivity contribution >= 4 is 29.0 Å². The second-order valence-electron chi connectivity index (χ2n) is 7.40. The Morgan fingerprint density at radius 3 is 2.65 bits per heavy atom. The number of benzene rings is 1. The normalized spacial score (nSPS) is 21.3. The van der Waals surface area contributed by atoms with Crippen molar-refractivity contribution in [2.75, 3.05) is 30.1 Å². The van der Waals surface area contributed by atoms with Crippen molar-refractivity contribution in [2.45, 2.75) is 30.6 Å². The Bertz CT molecular complexity index is 988. The lowest BCUT2D eigenvalue weighted by molar-refractivity contribution is -0.210. The third-order valence-corrected chi connectivity index (χ3v) is 5.92. The highest BCUT2D eigenvalue weighted by molar-refractivity contribution is 7.98. The molecule has 0 bridgehead atoms. The highest BCUT2D eigenvalue weighted by atomic mass is 32.2. The lowest BCUT2D eigenvalue weighted by Gasteiger charge is -2.29. The van der Waals surface area contributed by atoms with Crippen molar-refractivity contribution < 1.29 is 31.5 Å². The molecular formula is C20H20F5N3O2S. The Hall–Kier alpha value is -2.56. The number of rotatable bonds is 5. The summed E-state index contributed by atoms with van der Waals surface area (Å²) in [5.41, 5.74) is -2.01. The predicted octanol–water partition coefficient (Wildman–Crippen LogP) is 4.88. The van der Waals surface area contributed by atoms with Crippen molar-refractivity contribution in [1.29, 1.82) is 0 Å². The summed E-state index contributed by atoms with van der Waals surface area (Å²) < 4.78 is 74.2. The molecule has 3 rings (SSSR count).